The lowest BCUT2D eigenvalue weighted by molar-refractivity contribution is 0.165. The predicted molar refractivity (Wildman–Crippen MR) is 129 cm³/mol. The molecule has 4 rings (SSSR count). The molecule has 0 aliphatic heterocycles. The normalized spacial score (nSPS) is 23.0. The molecule has 9 heteroatoms. The fraction of sp³-hybridized carbons (Fsp3) is 0.760. The number of hydrogen-bond donors (Lipinski definition) is 1. The van der Waals surface area contributed by atoms with E-state index in [1.807, 2.05) is 12.1 Å². The summed E-state index contributed by atoms with van der Waals surface area (Å²) < 4.78 is 74.2. The zero-order valence-corrected chi connectivity index (χ0v) is 21.3. The van der Waals surface area contributed by atoms with Crippen LogP contribution < -0.4 is 4.18 Å². The van der Waals surface area contributed by atoms with E-state index in [-0.39, 0.29) is 17.6 Å². The average molecular weight is 519 g/mol. The van der Waals surface area contributed by atoms with Gasteiger partial charge in [0, 0.05) is 0 Å². The first-order valence-corrected chi connectivity index (χ1v) is 15.3. The van der Waals surface area contributed by atoms with Crippen LogP contribution in [0, 0.1) is 0 Å². The minimum absolute atomic E-state index is 0.00323. The molecule has 3 aliphatic carbocycles. The summed E-state index contributed by atoms with van der Waals surface area (Å²) in [5.74, 6) is 0.468. The summed E-state index contributed by atoms with van der Waals surface area (Å²) in [5, 5.41) is 0. The third kappa shape index (κ3) is 5.51. The van der Waals surface area contributed by atoms with Crippen LogP contribution in [-0.4, -0.2) is 21.8 Å². The highest BCUT2D eigenvalue weighted by Crippen LogP contribution is 2.48. The van der Waals surface area contributed by atoms with Gasteiger partial charge in [0.2, 0.25) is 11.1 Å². The van der Waals surface area contributed by atoms with Gasteiger partial charge in [0.25, 0.3) is 0 Å². The molecule has 0 heterocycles. The van der Waals surface area contributed by atoms with Gasteiger partial charge in [0.1, 0.15) is 5.75 Å². The van der Waals surface area contributed by atoms with Crippen molar-refractivity contribution in [2.24, 2.45) is 0 Å². The van der Waals surface area contributed by atoms with E-state index in [9.17, 15) is 21.4 Å². The maximum absolute atomic E-state index is 14.3. The average Bonchev–Trinajstić information content (AvgIpc) is 2.85. The summed E-state index contributed by atoms with van der Waals surface area (Å²) in [5.41, 5.74) is 2.57. The quantitative estimate of drug-likeness (QED) is 0.302. The van der Waals surface area contributed by atoms with Gasteiger partial charge in [-0.3, -0.25) is 0 Å². The van der Waals surface area contributed by atoms with Crippen molar-refractivity contribution in [3.05, 3.63) is 28.8 Å². The van der Waals surface area contributed by atoms with E-state index >= 15 is 0 Å². The summed E-state index contributed by atoms with van der Waals surface area (Å²) >= 11 is -3.90. The molecular formula is C25H36F2O5S2. The highest BCUT2D eigenvalue weighted by molar-refractivity contribution is 8.02. The van der Waals surface area contributed by atoms with Gasteiger partial charge in [-0.15, -0.1) is 0 Å². The molecule has 0 bridgehead atoms. The Morgan fingerprint density at radius 1 is 0.765 bits per heavy atom. The Hall–Kier alpha value is -1.06. The van der Waals surface area contributed by atoms with E-state index in [1.165, 1.54) is 12.0 Å². The summed E-state index contributed by atoms with van der Waals surface area (Å²) in [6.45, 7) is 0. The predicted octanol–water partition coefficient (Wildman–Crippen LogP) is 7.31. The van der Waals surface area contributed by atoms with Crippen molar-refractivity contribution in [1.82, 2.24) is 0 Å². The second-order valence-electron chi connectivity index (χ2n) is 10.3. The van der Waals surface area contributed by atoms with Gasteiger partial charge in [-0.25, -0.2) is 4.21 Å². The summed E-state index contributed by atoms with van der Waals surface area (Å²) in [6, 6.07) is 4.02. The van der Waals surface area contributed by atoms with E-state index in [1.54, 1.807) is 0 Å². The minimum atomic E-state index is -5.66. The second-order valence-corrected chi connectivity index (χ2v) is 13.1. The molecule has 3 aliphatic rings. The third-order valence-electron chi connectivity index (χ3n) is 8.02. The van der Waals surface area contributed by atoms with Crippen molar-refractivity contribution in [2.75, 3.05) is 0 Å². The first-order valence-electron chi connectivity index (χ1n) is 12.8. The Morgan fingerprint density at radius 2 is 1.15 bits per heavy atom. The lowest BCUT2D eigenvalue weighted by atomic mass is 9.75. The monoisotopic (exact) mass is 518 g/mol. The molecule has 1 unspecified atom stereocenters. The molecule has 3 fully saturated rings. The highest BCUT2D eigenvalue weighted by Gasteiger charge is 2.55. The van der Waals surface area contributed by atoms with Gasteiger partial charge in [-0.05, 0) is 73.0 Å². The van der Waals surface area contributed by atoms with Crippen molar-refractivity contribution in [3.63, 3.8) is 0 Å². The molecule has 1 aromatic carbocycles. The highest BCUT2D eigenvalue weighted by atomic mass is 32.3. The molecule has 1 N–H and O–H groups in total. The van der Waals surface area contributed by atoms with Gasteiger partial charge >= 0.3 is 14.7 Å². The third-order valence-corrected chi connectivity index (χ3v) is 10.4. The fourth-order valence-electron chi connectivity index (χ4n) is 6.15. The SMILES string of the molecule is O=S(O)C(F)(F)S(=O)(=O)Oc1c(C2CCCCC2)cc(C2CCCCC2)cc1C1CCCCC1. The van der Waals surface area contributed by atoms with Crippen LogP contribution >= 0.6 is 0 Å². The van der Waals surface area contributed by atoms with Crippen LogP contribution in [0.1, 0.15) is 131 Å². The number of benzene rings is 1. The molecule has 0 saturated heterocycles. The molecule has 1 atom stereocenters. The largest absolute Gasteiger partial charge is 0.481 e. The van der Waals surface area contributed by atoms with Crippen LogP contribution in [-0.2, 0) is 21.2 Å². The molecule has 0 radical (unpaired) electrons. The van der Waals surface area contributed by atoms with Crippen molar-refractivity contribution in [1.29, 1.82) is 0 Å². The van der Waals surface area contributed by atoms with Gasteiger partial charge in [-0.2, -0.15) is 17.2 Å². The van der Waals surface area contributed by atoms with E-state index in [2.05, 4.69) is 0 Å². The molecular weight excluding hydrogens is 482 g/mol. The van der Waals surface area contributed by atoms with Gasteiger partial charge < -0.3 is 8.74 Å². The maximum Gasteiger partial charge on any atom is 0.481 e. The van der Waals surface area contributed by atoms with E-state index < -0.39 is 25.8 Å². The summed E-state index contributed by atoms with van der Waals surface area (Å²) in [6.07, 6.45) is 15.3. The first-order chi connectivity index (χ1) is 16.2. The van der Waals surface area contributed by atoms with E-state index in [0.717, 1.165) is 89.9 Å². The molecule has 3 saturated carbocycles. The lowest BCUT2D eigenvalue weighted by Crippen LogP contribution is -2.37. The standard InChI is InChI=1S/C25H36F2O5S2/c26-25(27,33(28)29)34(30,31)32-24-22(19-12-6-2-7-13-19)16-21(18-10-4-1-5-11-18)17-23(24)20-14-8-3-9-15-20/h16-20H,1-15H2,(H,28,29). The Labute approximate surface area is 204 Å². The summed E-state index contributed by atoms with van der Waals surface area (Å²) in [7, 11) is -5.66. The van der Waals surface area contributed by atoms with Crippen LogP contribution in [0.5, 0.6) is 5.75 Å². The van der Waals surface area contributed by atoms with Crippen LogP contribution in [0.4, 0.5) is 8.78 Å². The molecule has 0 amide bonds. The second kappa shape index (κ2) is 10.9. The molecule has 34 heavy (non-hydrogen) atoms. The molecule has 192 valence electrons. The van der Waals surface area contributed by atoms with E-state index in [4.69, 9.17) is 8.74 Å². The fourth-order valence-corrected chi connectivity index (χ4v) is 7.46. The van der Waals surface area contributed by atoms with Gasteiger partial charge in [0.05, 0.1) is 0 Å². The van der Waals surface area contributed by atoms with Crippen molar-refractivity contribution in [3.8, 4) is 5.75 Å². The van der Waals surface area contributed by atoms with Gasteiger partial charge in [-0.1, -0.05) is 69.9 Å². The number of rotatable bonds is 7. The lowest BCUT2D eigenvalue weighted by Gasteiger charge is -2.32. The van der Waals surface area contributed by atoms with Crippen LogP contribution in [0.3, 0.4) is 0 Å². The molecule has 1 aromatic rings. The smallest absolute Gasteiger partial charge is 0.377 e. The van der Waals surface area contributed by atoms with Crippen LogP contribution in [0.15, 0.2) is 12.1 Å². The number of halogens is 2. The number of hydrogen-bond acceptors (Lipinski definition) is 4. The summed E-state index contributed by atoms with van der Waals surface area (Å²) in [4.78, 5) is 0. The Bertz CT molecular complexity index is 938. The number of alkyl halides is 2. The maximum atomic E-state index is 14.3. The molecule has 0 aromatic heterocycles. The topological polar surface area (TPSA) is 80.7 Å². The van der Waals surface area contributed by atoms with Crippen molar-refractivity contribution < 1.29 is 30.1 Å². The zero-order valence-electron chi connectivity index (χ0n) is 19.6. The van der Waals surface area contributed by atoms with Crippen molar-refractivity contribution >= 4 is 21.2 Å². The van der Waals surface area contributed by atoms with Crippen molar-refractivity contribution in [2.45, 2.75) is 119 Å². The zero-order chi connectivity index (χ0) is 24.3. The van der Waals surface area contributed by atoms with E-state index in [0.29, 0.717) is 17.0 Å². The molecule has 5 nitrogen and oxygen atoms in total. The van der Waals surface area contributed by atoms with Gasteiger partial charge in [0.15, 0.2) is 0 Å². The Morgan fingerprint density at radius 3 is 1.53 bits per heavy atom. The Kier molecular flexibility index (Phi) is 8.35. The minimum Gasteiger partial charge on any atom is -0.377 e. The Balaban J connectivity index is 1.85. The first kappa shape index (κ1) is 26.0. The molecule has 0 spiro atoms. The van der Waals surface area contributed by atoms with Crippen LogP contribution in [0.25, 0.3) is 0 Å². The van der Waals surface area contributed by atoms with Crippen LogP contribution in [0.2, 0.25) is 0 Å².